The van der Waals surface area contributed by atoms with Gasteiger partial charge >= 0.3 is 0 Å². The van der Waals surface area contributed by atoms with Gasteiger partial charge < -0.3 is 5.32 Å². The molecule has 1 aliphatic rings. The third-order valence-corrected chi connectivity index (χ3v) is 5.27. The molecule has 1 amide bonds. The van der Waals surface area contributed by atoms with Gasteiger partial charge in [-0.25, -0.2) is 13.1 Å². The van der Waals surface area contributed by atoms with E-state index in [0.29, 0.717) is 6.42 Å². The van der Waals surface area contributed by atoms with E-state index in [9.17, 15) is 13.2 Å². The zero-order valence-electron chi connectivity index (χ0n) is 12.4. The van der Waals surface area contributed by atoms with Crippen LogP contribution in [-0.4, -0.2) is 26.4 Å². The SMILES string of the molecule is CC(=O)NC1CCCC(NS(=O)(=O)c2ccc(C)cc2)C1. The zero-order valence-corrected chi connectivity index (χ0v) is 13.2. The Morgan fingerprint density at radius 3 is 2.38 bits per heavy atom. The number of carbonyl (C=O) groups excluding carboxylic acids is 1. The highest BCUT2D eigenvalue weighted by molar-refractivity contribution is 7.89. The molecule has 2 N–H and O–H groups in total. The van der Waals surface area contributed by atoms with Crippen molar-refractivity contribution in [2.24, 2.45) is 0 Å². The lowest BCUT2D eigenvalue weighted by Crippen LogP contribution is -2.45. The van der Waals surface area contributed by atoms with E-state index in [4.69, 9.17) is 0 Å². The standard InChI is InChI=1S/C15H22N2O3S/c1-11-6-8-15(9-7-11)21(19,20)17-14-5-3-4-13(10-14)16-12(2)18/h6-9,13-14,17H,3-5,10H2,1-2H3,(H,16,18). The highest BCUT2D eigenvalue weighted by atomic mass is 32.2. The molecule has 5 nitrogen and oxygen atoms in total. The van der Waals surface area contributed by atoms with Crippen molar-refractivity contribution in [1.82, 2.24) is 10.0 Å². The fraction of sp³-hybridized carbons (Fsp3) is 0.533. The molecule has 1 saturated carbocycles. The van der Waals surface area contributed by atoms with Crippen LogP contribution < -0.4 is 10.0 Å². The third-order valence-electron chi connectivity index (χ3n) is 3.73. The molecule has 2 rings (SSSR count). The summed E-state index contributed by atoms with van der Waals surface area (Å²) in [4.78, 5) is 11.4. The van der Waals surface area contributed by atoms with Crippen LogP contribution in [0.4, 0.5) is 0 Å². The molecule has 6 heteroatoms. The van der Waals surface area contributed by atoms with E-state index in [0.717, 1.165) is 24.8 Å². The molecular formula is C15H22N2O3S. The lowest BCUT2D eigenvalue weighted by Gasteiger charge is -2.29. The van der Waals surface area contributed by atoms with Gasteiger partial charge in [0, 0.05) is 19.0 Å². The fourth-order valence-corrected chi connectivity index (χ4v) is 4.00. The van der Waals surface area contributed by atoms with Crippen LogP contribution in [0.25, 0.3) is 0 Å². The van der Waals surface area contributed by atoms with Gasteiger partial charge in [-0.1, -0.05) is 17.7 Å². The normalized spacial score (nSPS) is 22.8. The van der Waals surface area contributed by atoms with E-state index in [1.54, 1.807) is 24.3 Å². The number of aryl methyl sites for hydroxylation is 1. The predicted octanol–water partition coefficient (Wildman–Crippen LogP) is 1.72. The molecule has 0 aromatic heterocycles. The number of hydrogen-bond acceptors (Lipinski definition) is 3. The van der Waals surface area contributed by atoms with Gasteiger partial charge in [0.1, 0.15) is 0 Å². The van der Waals surface area contributed by atoms with Crippen LogP contribution in [0, 0.1) is 6.92 Å². The van der Waals surface area contributed by atoms with Crippen LogP contribution in [0.3, 0.4) is 0 Å². The van der Waals surface area contributed by atoms with Gasteiger partial charge in [0.2, 0.25) is 15.9 Å². The Labute approximate surface area is 126 Å². The van der Waals surface area contributed by atoms with Gasteiger partial charge in [-0.3, -0.25) is 4.79 Å². The minimum atomic E-state index is -3.49. The van der Waals surface area contributed by atoms with E-state index >= 15 is 0 Å². The van der Waals surface area contributed by atoms with E-state index < -0.39 is 10.0 Å². The molecule has 0 aliphatic heterocycles. The first-order valence-corrected chi connectivity index (χ1v) is 8.71. The number of carbonyl (C=O) groups is 1. The number of sulfonamides is 1. The van der Waals surface area contributed by atoms with Gasteiger partial charge in [0.05, 0.1) is 4.90 Å². The van der Waals surface area contributed by atoms with Gasteiger partial charge in [0.15, 0.2) is 0 Å². The lowest BCUT2D eigenvalue weighted by atomic mass is 9.91. The minimum absolute atomic E-state index is 0.0574. The smallest absolute Gasteiger partial charge is 0.240 e. The first-order valence-electron chi connectivity index (χ1n) is 7.23. The van der Waals surface area contributed by atoms with Crippen molar-refractivity contribution in [2.75, 3.05) is 0 Å². The largest absolute Gasteiger partial charge is 0.354 e. The summed E-state index contributed by atoms with van der Waals surface area (Å²) in [6.45, 7) is 3.41. The Morgan fingerprint density at radius 1 is 1.14 bits per heavy atom. The number of hydrogen-bond donors (Lipinski definition) is 2. The number of amides is 1. The molecule has 1 aliphatic carbocycles. The van der Waals surface area contributed by atoms with Gasteiger partial charge in [-0.2, -0.15) is 0 Å². The van der Waals surface area contributed by atoms with E-state index in [-0.39, 0.29) is 22.9 Å². The highest BCUT2D eigenvalue weighted by Gasteiger charge is 2.26. The molecule has 116 valence electrons. The van der Waals surface area contributed by atoms with Crippen molar-refractivity contribution in [2.45, 2.75) is 56.5 Å². The number of rotatable bonds is 4. The van der Waals surface area contributed by atoms with Crippen LogP contribution in [0.2, 0.25) is 0 Å². The van der Waals surface area contributed by atoms with E-state index in [2.05, 4.69) is 10.0 Å². The number of benzene rings is 1. The predicted molar refractivity (Wildman–Crippen MR) is 81.4 cm³/mol. The first kappa shape index (κ1) is 16.0. The fourth-order valence-electron chi connectivity index (χ4n) is 2.72. The van der Waals surface area contributed by atoms with Gasteiger partial charge in [-0.05, 0) is 44.7 Å². The summed E-state index contributed by atoms with van der Waals surface area (Å²) in [5.41, 5.74) is 1.03. The number of nitrogens with one attached hydrogen (secondary N) is 2. The second kappa shape index (κ2) is 6.58. The minimum Gasteiger partial charge on any atom is -0.354 e. The van der Waals surface area contributed by atoms with E-state index in [1.165, 1.54) is 6.92 Å². The van der Waals surface area contributed by atoms with Crippen LogP contribution >= 0.6 is 0 Å². The average molecular weight is 310 g/mol. The summed E-state index contributed by atoms with van der Waals surface area (Å²) >= 11 is 0. The lowest BCUT2D eigenvalue weighted by molar-refractivity contribution is -0.119. The van der Waals surface area contributed by atoms with Crippen LogP contribution in [0.5, 0.6) is 0 Å². The summed E-state index contributed by atoms with van der Waals surface area (Å²) in [5, 5.41) is 2.87. The summed E-state index contributed by atoms with van der Waals surface area (Å²) in [7, 11) is -3.49. The Balaban J connectivity index is 2.02. The van der Waals surface area contributed by atoms with Gasteiger partial charge in [-0.15, -0.1) is 0 Å². The highest BCUT2D eigenvalue weighted by Crippen LogP contribution is 2.21. The van der Waals surface area contributed by atoms with Crippen molar-refractivity contribution in [3.05, 3.63) is 29.8 Å². The quantitative estimate of drug-likeness (QED) is 0.889. The molecule has 0 bridgehead atoms. The average Bonchev–Trinajstić information content (AvgIpc) is 2.38. The van der Waals surface area contributed by atoms with Crippen molar-refractivity contribution >= 4 is 15.9 Å². The summed E-state index contributed by atoms with van der Waals surface area (Å²) in [6, 6.07) is 6.74. The molecule has 0 heterocycles. The van der Waals surface area contributed by atoms with Crippen LogP contribution in [0.15, 0.2) is 29.2 Å². The topological polar surface area (TPSA) is 75.3 Å². The molecule has 21 heavy (non-hydrogen) atoms. The molecule has 1 aromatic rings. The van der Waals surface area contributed by atoms with Crippen molar-refractivity contribution in [1.29, 1.82) is 0 Å². The first-order chi connectivity index (χ1) is 9.87. The second-order valence-corrected chi connectivity index (χ2v) is 7.41. The summed E-state index contributed by atoms with van der Waals surface area (Å²) < 4.78 is 27.4. The molecule has 1 fully saturated rings. The third kappa shape index (κ3) is 4.54. The molecule has 0 saturated heterocycles. The monoisotopic (exact) mass is 310 g/mol. The van der Waals surface area contributed by atoms with Crippen molar-refractivity contribution in [3.63, 3.8) is 0 Å². The molecule has 0 spiro atoms. The Hall–Kier alpha value is -1.40. The Bertz CT molecular complexity index is 596. The molecule has 0 radical (unpaired) electrons. The molecular weight excluding hydrogens is 288 g/mol. The Morgan fingerprint density at radius 2 is 1.76 bits per heavy atom. The molecule has 2 unspecified atom stereocenters. The summed E-state index contributed by atoms with van der Waals surface area (Å²) in [6.07, 6.45) is 3.26. The van der Waals surface area contributed by atoms with Crippen LogP contribution in [-0.2, 0) is 14.8 Å². The molecule has 1 aromatic carbocycles. The zero-order chi connectivity index (χ0) is 15.5. The van der Waals surface area contributed by atoms with Crippen LogP contribution in [0.1, 0.15) is 38.2 Å². The van der Waals surface area contributed by atoms with E-state index in [1.807, 2.05) is 6.92 Å². The Kier molecular flexibility index (Phi) is 5.00. The maximum Gasteiger partial charge on any atom is 0.240 e. The van der Waals surface area contributed by atoms with Crippen molar-refractivity contribution < 1.29 is 13.2 Å². The second-order valence-electron chi connectivity index (χ2n) is 5.70. The summed E-state index contributed by atoms with van der Waals surface area (Å²) in [5.74, 6) is -0.0676. The van der Waals surface area contributed by atoms with Crippen molar-refractivity contribution in [3.8, 4) is 0 Å². The maximum atomic E-state index is 12.3. The maximum absolute atomic E-state index is 12.3. The molecule has 2 atom stereocenters. The van der Waals surface area contributed by atoms with Gasteiger partial charge in [0.25, 0.3) is 0 Å².